The summed E-state index contributed by atoms with van der Waals surface area (Å²) in [5.74, 6) is 0.315. The Kier molecular flexibility index (Phi) is 1.71. The Hall–Kier alpha value is -0.530. The van der Waals surface area contributed by atoms with Crippen molar-refractivity contribution in [2.24, 2.45) is 5.41 Å². The van der Waals surface area contributed by atoms with Gasteiger partial charge in [-0.05, 0) is 19.8 Å². The van der Waals surface area contributed by atoms with Crippen LogP contribution < -0.4 is 0 Å². The van der Waals surface area contributed by atoms with Crippen LogP contribution in [0.25, 0.3) is 0 Å². The number of hydrogen-bond acceptors (Lipinski definition) is 1. The monoisotopic (exact) mass is 141 g/mol. The SMILES string of the molecule is CCN(C)C(=O)C1(C)CC1. The molecule has 0 saturated heterocycles. The molecule has 1 aliphatic carbocycles. The number of hydrogen-bond donors (Lipinski definition) is 0. The fraction of sp³-hybridized carbons (Fsp3) is 0.875. The Balaban J connectivity index is 2.49. The van der Waals surface area contributed by atoms with Crippen LogP contribution in [-0.4, -0.2) is 24.4 Å². The first-order valence-electron chi connectivity index (χ1n) is 3.86. The van der Waals surface area contributed by atoms with Gasteiger partial charge in [0.05, 0.1) is 0 Å². The molecule has 1 fully saturated rings. The highest BCUT2D eigenvalue weighted by Gasteiger charge is 2.45. The second kappa shape index (κ2) is 2.26. The van der Waals surface area contributed by atoms with E-state index in [1.54, 1.807) is 4.90 Å². The molecule has 1 rings (SSSR count). The molecule has 1 amide bonds. The zero-order chi connectivity index (χ0) is 7.78. The van der Waals surface area contributed by atoms with E-state index in [1.807, 2.05) is 20.9 Å². The van der Waals surface area contributed by atoms with Crippen molar-refractivity contribution in [1.29, 1.82) is 0 Å². The van der Waals surface area contributed by atoms with Crippen LogP contribution in [0.15, 0.2) is 0 Å². The quantitative estimate of drug-likeness (QED) is 0.567. The lowest BCUT2D eigenvalue weighted by Crippen LogP contribution is -2.32. The number of rotatable bonds is 2. The zero-order valence-electron chi connectivity index (χ0n) is 6.98. The molecule has 1 saturated carbocycles. The molecule has 0 aliphatic heterocycles. The van der Waals surface area contributed by atoms with E-state index in [0.717, 1.165) is 19.4 Å². The molecule has 0 aromatic heterocycles. The fourth-order valence-corrected chi connectivity index (χ4v) is 1.01. The zero-order valence-corrected chi connectivity index (χ0v) is 6.98. The Morgan fingerprint density at radius 3 is 2.40 bits per heavy atom. The minimum atomic E-state index is 0.0186. The van der Waals surface area contributed by atoms with Crippen molar-refractivity contribution in [3.05, 3.63) is 0 Å². The summed E-state index contributed by atoms with van der Waals surface area (Å²) in [6.07, 6.45) is 2.16. The fourth-order valence-electron chi connectivity index (χ4n) is 1.01. The minimum Gasteiger partial charge on any atom is -0.346 e. The molecule has 0 aromatic rings. The van der Waals surface area contributed by atoms with Gasteiger partial charge in [-0.15, -0.1) is 0 Å². The van der Waals surface area contributed by atoms with Gasteiger partial charge in [0.1, 0.15) is 0 Å². The van der Waals surface area contributed by atoms with Gasteiger partial charge in [-0.25, -0.2) is 0 Å². The summed E-state index contributed by atoms with van der Waals surface area (Å²) in [5.41, 5.74) is 0.0186. The third kappa shape index (κ3) is 1.15. The van der Waals surface area contributed by atoms with E-state index in [2.05, 4.69) is 0 Å². The smallest absolute Gasteiger partial charge is 0.228 e. The van der Waals surface area contributed by atoms with E-state index in [9.17, 15) is 4.79 Å². The molecule has 0 atom stereocenters. The lowest BCUT2D eigenvalue weighted by molar-refractivity contribution is -0.134. The van der Waals surface area contributed by atoms with Gasteiger partial charge in [-0.2, -0.15) is 0 Å². The first-order valence-corrected chi connectivity index (χ1v) is 3.86. The molecule has 58 valence electrons. The van der Waals surface area contributed by atoms with Gasteiger partial charge in [0, 0.05) is 19.0 Å². The molecule has 0 heterocycles. The molecule has 2 heteroatoms. The summed E-state index contributed by atoms with van der Waals surface area (Å²) >= 11 is 0. The predicted molar refractivity (Wildman–Crippen MR) is 40.7 cm³/mol. The van der Waals surface area contributed by atoms with Crippen LogP contribution in [0.5, 0.6) is 0 Å². The van der Waals surface area contributed by atoms with Crippen molar-refractivity contribution in [1.82, 2.24) is 4.90 Å². The third-order valence-electron chi connectivity index (χ3n) is 2.34. The van der Waals surface area contributed by atoms with E-state index in [4.69, 9.17) is 0 Å². The molecule has 0 N–H and O–H groups in total. The van der Waals surface area contributed by atoms with Gasteiger partial charge in [-0.3, -0.25) is 4.79 Å². The lowest BCUT2D eigenvalue weighted by atomic mass is 10.1. The minimum absolute atomic E-state index is 0.0186. The Bertz CT molecular complexity index is 149. The number of carbonyl (C=O) groups is 1. The molecule has 0 unspecified atom stereocenters. The lowest BCUT2D eigenvalue weighted by Gasteiger charge is -2.18. The van der Waals surface area contributed by atoms with Gasteiger partial charge < -0.3 is 4.90 Å². The number of nitrogens with zero attached hydrogens (tertiary/aromatic N) is 1. The van der Waals surface area contributed by atoms with Crippen LogP contribution in [0, 0.1) is 5.41 Å². The predicted octanol–water partition coefficient (Wildman–Crippen LogP) is 1.26. The summed E-state index contributed by atoms with van der Waals surface area (Å²) < 4.78 is 0. The second-order valence-corrected chi connectivity index (χ2v) is 3.38. The highest BCUT2D eigenvalue weighted by Crippen LogP contribution is 2.46. The maximum atomic E-state index is 11.4. The van der Waals surface area contributed by atoms with Crippen LogP contribution in [0.3, 0.4) is 0 Å². The van der Waals surface area contributed by atoms with E-state index in [-0.39, 0.29) is 5.41 Å². The standard InChI is InChI=1S/C8H15NO/c1-4-9(3)7(10)8(2)5-6-8/h4-6H2,1-3H3. The first kappa shape index (κ1) is 7.58. The molecule has 1 aliphatic rings. The molecular weight excluding hydrogens is 126 g/mol. The third-order valence-corrected chi connectivity index (χ3v) is 2.34. The molecular formula is C8H15NO. The van der Waals surface area contributed by atoms with E-state index >= 15 is 0 Å². The van der Waals surface area contributed by atoms with Gasteiger partial charge in [0.25, 0.3) is 0 Å². The van der Waals surface area contributed by atoms with Gasteiger partial charge >= 0.3 is 0 Å². The van der Waals surface area contributed by atoms with Crippen LogP contribution in [0.2, 0.25) is 0 Å². The van der Waals surface area contributed by atoms with Gasteiger partial charge in [-0.1, -0.05) is 6.92 Å². The molecule has 0 aromatic carbocycles. The van der Waals surface area contributed by atoms with E-state index < -0.39 is 0 Å². The van der Waals surface area contributed by atoms with Crippen LogP contribution in [0.1, 0.15) is 26.7 Å². The Labute approximate surface area is 62.2 Å². The summed E-state index contributed by atoms with van der Waals surface area (Å²) in [7, 11) is 1.87. The number of carbonyl (C=O) groups excluding carboxylic acids is 1. The Morgan fingerprint density at radius 1 is 1.60 bits per heavy atom. The van der Waals surface area contributed by atoms with Crippen LogP contribution in [0.4, 0.5) is 0 Å². The maximum Gasteiger partial charge on any atom is 0.228 e. The van der Waals surface area contributed by atoms with Crippen molar-refractivity contribution in [2.45, 2.75) is 26.7 Å². The van der Waals surface area contributed by atoms with Crippen molar-refractivity contribution in [3.63, 3.8) is 0 Å². The van der Waals surface area contributed by atoms with Crippen molar-refractivity contribution in [2.75, 3.05) is 13.6 Å². The van der Waals surface area contributed by atoms with Gasteiger partial charge in [0.15, 0.2) is 0 Å². The molecule has 0 radical (unpaired) electrons. The van der Waals surface area contributed by atoms with Crippen molar-refractivity contribution < 1.29 is 4.79 Å². The largest absolute Gasteiger partial charge is 0.346 e. The van der Waals surface area contributed by atoms with E-state index in [0.29, 0.717) is 5.91 Å². The van der Waals surface area contributed by atoms with Gasteiger partial charge in [0.2, 0.25) is 5.91 Å². The first-order chi connectivity index (χ1) is 4.60. The topological polar surface area (TPSA) is 20.3 Å². The molecule has 10 heavy (non-hydrogen) atoms. The normalized spacial score (nSPS) is 20.3. The van der Waals surface area contributed by atoms with E-state index in [1.165, 1.54) is 0 Å². The van der Waals surface area contributed by atoms with Crippen molar-refractivity contribution >= 4 is 5.91 Å². The average molecular weight is 141 g/mol. The Morgan fingerprint density at radius 2 is 2.10 bits per heavy atom. The molecule has 0 spiro atoms. The highest BCUT2D eigenvalue weighted by atomic mass is 16.2. The van der Waals surface area contributed by atoms with Crippen LogP contribution in [-0.2, 0) is 4.79 Å². The average Bonchev–Trinajstić information content (AvgIpc) is 2.66. The summed E-state index contributed by atoms with van der Waals surface area (Å²) in [4.78, 5) is 13.2. The molecule has 2 nitrogen and oxygen atoms in total. The highest BCUT2D eigenvalue weighted by molar-refractivity contribution is 5.84. The summed E-state index contributed by atoms with van der Waals surface area (Å²) in [6, 6.07) is 0. The summed E-state index contributed by atoms with van der Waals surface area (Å²) in [5, 5.41) is 0. The van der Waals surface area contributed by atoms with Crippen LogP contribution >= 0.6 is 0 Å². The summed E-state index contributed by atoms with van der Waals surface area (Å²) in [6.45, 7) is 4.87. The molecule has 0 bridgehead atoms. The van der Waals surface area contributed by atoms with Crippen molar-refractivity contribution in [3.8, 4) is 0 Å². The maximum absolute atomic E-state index is 11.4. The number of amides is 1. The second-order valence-electron chi connectivity index (χ2n) is 3.38.